The van der Waals surface area contributed by atoms with Gasteiger partial charge in [-0.05, 0) is 37.4 Å². The standard InChI is InChI=1S/C16H19NO/c18-12-16-10-14-8-9-17(16)11-15(14)7-6-13-4-2-1-3-5-13/h1-5,14-16,18H,8-12H2/t14?,15-,16+/m0/s1. The summed E-state index contributed by atoms with van der Waals surface area (Å²) in [4.78, 5) is 2.41. The van der Waals surface area contributed by atoms with E-state index in [4.69, 9.17) is 0 Å². The Balaban J connectivity index is 1.71. The Bertz CT molecular complexity index is 459. The summed E-state index contributed by atoms with van der Waals surface area (Å²) in [6, 6.07) is 10.6. The van der Waals surface area contributed by atoms with E-state index in [2.05, 4.69) is 28.9 Å². The Labute approximate surface area is 109 Å². The number of hydrogen-bond donors (Lipinski definition) is 1. The topological polar surface area (TPSA) is 23.5 Å². The number of nitrogens with zero attached hydrogens (tertiary/aromatic N) is 1. The average molecular weight is 241 g/mol. The molecule has 4 atom stereocenters. The highest BCUT2D eigenvalue weighted by atomic mass is 16.3. The summed E-state index contributed by atoms with van der Waals surface area (Å²) in [5.74, 6) is 7.90. The van der Waals surface area contributed by atoms with Gasteiger partial charge in [0.15, 0.2) is 0 Å². The maximum absolute atomic E-state index is 9.33. The number of aliphatic hydroxyl groups is 1. The molecule has 3 fully saturated rings. The fourth-order valence-electron chi connectivity index (χ4n) is 3.19. The Kier molecular flexibility index (Phi) is 3.36. The Morgan fingerprint density at radius 2 is 2.11 bits per heavy atom. The number of aliphatic hydroxyl groups excluding tert-OH is 1. The number of piperidine rings is 3. The van der Waals surface area contributed by atoms with E-state index < -0.39 is 0 Å². The molecule has 94 valence electrons. The third kappa shape index (κ3) is 2.29. The van der Waals surface area contributed by atoms with Crippen LogP contribution in [0.25, 0.3) is 0 Å². The summed E-state index contributed by atoms with van der Waals surface area (Å²) in [7, 11) is 0. The van der Waals surface area contributed by atoms with Crippen LogP contribution in [-0.2, 0) is 0 Å². The third-order valence-electron chi connectivity index (χ3n) is 4.27. The SMILES string of the molecule is OC[C@H]1CC2CCN1C[C@@H]2C#Cc1ccccc1. The summed E-state index contributed by atoms with van der Waals surface area (Å²) in [6.07, 6.45) is 2.36. The first kappa shape index (κ1) is 11.8. The molecule has 1 N–H and O–H groups in total. The van der Waals surface area contributed by atoms with Gasteiger partial charge < -0.3 is 5.11 Å². The van der Waals surface area contributed by atoms with Gasteiger partial charge in [0, 0.05) is 24.1 Å². The second kappa shape index (κ2) is 5.14. The molecule has 4 rings (SSSR count). The Morgan fingerprint density at radius 3 is 2.78 bits per heavy atom. The van der Waals surface area contributed by atoms with Crippen LogP contribution in [-0.4, -0.2) is 35.7 Å². The van der Waals surface area contributed by atoms with Crippen LogP contribution < -0.4 is 0 Å². The first-order valence-corrected chi connectivity index (χ1v) is 6.78. The van der Waals surface area contributed by atoms with Crippen LogP contribution in [0.5, 0.6) is 0 Å². The molecule has 0 radical (unpaired) electrons. The highest BCUT2D eigenvalue weighted by Crippen LogP contribution is 2.35. The molecular formula is C16H19NO. The van der Waals surface area contributed by atoms with E-state index >= 15 is 0 Å². The van der Waals surface area contributed by atoms with Gasteiger partial charge >= 0.3 is 0 Å². The van der Waals surface area contributed by atoms with E-state index in [0.717, 1.165) is 25.1 Å². The molecule has 2 heteroatoms. The molecule has 3 aliphatic rings. The molecule has 3 saturated heterocycles. The van der Waals surface area contributed by atoms with Crippen LogP contribution in [0.2, 0.25) is 0 Å². The van der Waals surface area contributed by atoms with Crippen molar-refractivity contribution in [1.29, 1.82) is 0 Å². The largest absolute Gasteiger partial charge is 0.395 e. The van der Waals surface area contributed by atoms with Gasteiger partial charge in [0.05, 0.1) is 6.61 Å². The summed E-state index contributed by atoms with van der Waals surface area (Å²) in [5, 5.41) is 9.33. The lowest BCUT2D eigenvalue weighted by Gasteiger charge is -2.47. The third-order valence-corrected chi connectivity index (χ3v) is 4.27. The highest BCUT2D eigenvalue weighted by Gasteiger charge is 2.38. The number of rotatable bonds is 1. The fraction of sp³-hybridized carbons (Fsp3) is 0.500. The summed E-state index contributed by atoms with van der Waals surface area (Å²) in [5.41, 5.74) is 1.10. The zero-order valence-corrected chi connectivity index (χ0v) is 10.5. The molecule has 2 unspecified atom stereocenters. The van der Waals surface area contributed by atoms with Crippen LogP contribution in [0.15, 0.2) is 30.3 Å². The van der Waals surface area contributed by atoms with Crippen LogP contribution in [0.4, 0.5) is 0 Å². The lowest BCUT2D eigenvalue weighted by molar-refractivity contribution is -0.00370. The minimum atomic E-state index is 0.301. The van der Waals surface area contributed by atoms with E-state index in [9.17, 15) is 5.11 Å². The maximum Gasteiger partial charge on any atom is 0.0586 e. The van der Waals surface area contributed by atoms with Crippen molar-refractivity contribution < 1.29 is 5.11 Å². The van der Waals surface area contributed by atoms with Crippen molar-refractivity contribution in [1.82, 2.24) is 4.90 Å². The molecule has 3 heterocycles. The van der Waals surface area contributed by atoms with Crippen molar-refractivity contribution in [2.45, 2.75) is 18.9 Å². The lowest BCUT2D eigenvalue weighted by Crippen LogP contribution is -2.54. The fourth-order valence-corrected chi connectivity index (χ4v) is 3.19. The molecule has 1 aromatic rings. The van der Waals surface area contributed by atoms with Crippen LogP contribution in [0.3, 0.4) is 0 Å². The van der Waals surface area contributed by atoms with Crippen LogP contribution in [0.1, 0.15) is 18.4 Å². The van der Waals surface area contributed by atoms with E-state index in [1.165, 1.54) is 6.42 Å². The smallest absolute Gasteiger partial charge is 0.0586 e. The van der Waals surface area contributed by atoms with Gasteiger partial charge in [-0.15, -0.1) is 0 Å². The minimum Gasteiger partial charge on any atom is -0.395 e. The highest BCUT2D eigenvalue weighted by molar-refractivity contribution is 5.34. The second-order valence-electron chi connectivity index (χ2n) is 5.36. The van der Waals surface area contributed by atoms with E-state index in [0.29, 0.717) is 24.5 Å². The zero-order valence-electron chi connectivity index (χ0n) is 10.5. The predicted octanol–water partition coefficient (Wildman–Crippen LogP) is 1.74. The molecule has 1 aromatic carbocycles. The van der Waals surface area contributed by atoms with Crippen molar-refractivity contribution >= 4 is 0 Å². The summed E-state index contributed by atoms with van der Waals surface area (Å²) < 4.78 is 0. The molecule has 18 heavy (non-hydrogen) atoms. The monoisotopic (exact) mass is 241 g/mol. The molecular weight excluding hydrogens is 222 g/mol. The first-order chi connectivity index (χ1) is 8.86. The van der Waals surface area contributed by atoms with Crippen LogP contribution >= 0.6 is 0 Å². The average Bonchev–Trinajstić information content (AvgIpc) is 2.46. The Morgan fingerprint density at radius 1 is 1.28 bits per heavy atom. The maximum atomic E-state index is 9.33. The van der Waals surface area contributed by atoms with E-state index in [1.807, 2.05) is 18.2 Å². The van der Waals surface area contributed by atoms with Crippen molar-refractivity contribution in [3.05, 3.63) is 35.9 Å². The quantitative estimate of drug-likeness (QED) is 0.757. The normalized spacial score (nSPS) is 33.8. The molecule has 0 amide bonds. The molecule has 0 saturated carbocycles. The zero-order chi connectivity index (χ0) is 12.4. The molecule has 0 aromatic heterocycles. The van der Waals surface area contributed by atoms with E-state index in [1.54, 1.807) is 0 Å². The second-order valence-corrected chi connectivity index (χ2v) is 5.36. The van der Waals surface area contributed by atoms with Gasteiger partial charge in [-0.1, -0.05) is 30.0 Å². The molecule has 2 bridgehead atoms. The number of benzene rings is 1. The molecule has 2 nitrogen and oxygen atoms in total. The van der Waals surface area contributed by atoms with Crippen molar-refractivity contribution in [2.24, 2.45) is 11.8 Å². The van der Waals surface area contributed by atoms with E-state index in [-0.39, 0.29) is 0 Å². The van der Waals surface area contributed by atoms with Gasteiger partial charge in [0.1, 0.15) is 0 Å². The Hall–Kier alpha value is -1.30. The predicted molar refractivity (Wildman–Crippen MR) is 72.0 cm³/mol. The summed E-state index contributed by atoms with van der Waals surface area (Å²) in [6.45, 7) is 2.48. The van der Waals surface area contributed by atoms with Gasteiger partial charge in [-0.3, -0.25) is 4.90 Å². The lowest BCUT2D eigenvalue weighted by atomic mass is 9.76. The van der Waals surface area contributed by atoms with Crippen molar-refractivity contribution in [3.63, 3.8) is 0 Å². The molecule has 3 aliphatic heterocycles. The van der Waals surface area contributed by atoms with Crippen molar-refractivity contribution in [3.8, 4) is 11.8 Å². The van der Waals surface area contributed by atoms with Gasteiger partial charge in [0.25, 0.3) is 0 Å². The molecule has 0 aliphatic carbocycles. The van der Waals surface area contributed by atoms with Crippen molar-refractivity contribution in [2.75, 3.05) is 19.7 Å². The minimum absolute atomic E-state index is 0.301. The van der Waals surface area contributed by atoms with Crippen LogP contribution in [0, 0.1) is 23.7 Å². The molecule has 0 spiro atoms. The van der Waals surface area contributed by atoms with Gasteiger partial charge in [-0.2, -0.15) is 0 Å². The van der Waals surface area contributed by atoms with Gasteiger partial charge in [0.2, 0.25) is 0 Å². The van der Waals surface area contributed by atoms with Gasteiger partial charge in [-0.25, -0.2) is 0 Å². The summed E-state index contributed by atoms with van der Waals surface area (Å²) >= 11 is 0. The number of fused-ring (bicyclic) bond motifs is 3. The number of hydrogen-bond acceptors (Lipinski definition) is 2. The first-order valence-electron chi connectivity index (χ1n) is 6.78.